The maximum atomic E-state index is 9.17. The van der Waals surface area contributed by atoms with E-state index in [4.69, 9.17) is 9.84 Å². The minimum atomic E-state index is -0.192. The van der Waals surface area contributed by atoms with Crippen LogP contribution in [0.4, 0.5) is 0 Å². The van der Waals surface area contributed by atoms with Crippen LogP contribution >= 0.6 is 47.8 Å². The summed E-state index contributed by atoms with van der Waals surface area (Å²) in [5.74, 6) is 0.801. The zero-order valence-corrected chi connectivity index (χ0v) is 12.5. The summed E-state index contributed by atoms with van der Waals surface area (Å²) in [5, 5.41) is 9.17. The summed E-state index contributed by atoms with van der Waals surface area (Å²) in [6.45, 7) is 0. The van der Waals surface area contributed by atoms with Gasteiger partial charge in [-0.3, -0.25) is 0 Å². The number of aliphatic hydroxyl groups is 1. The average molecular weight is 401 g/mol. The molecule has 0 bridgehead atoms. The van der Waals surface area contributed by atoms with E-state index in [0.29, 0.717) is 0 Å². The Bertz CT molecular complexity index is 352. The van der Waals surface area contributed by atoms with Gasteiger partial charge in [-0.2, -0.15) is 0 Å². The summed E-state index contributed by atoms with van der Waals surface area (Å²) in [6.07, 6.45) is 1.38. The quantitative estimate of drug-likeness (QED) is 0.816. The zero-order valence-electron chi connectivity index (χ0n) is 7.71. The van der Waals surface area contributed by atoms with E-state index < -0.39 is 0 Å². The van der Waals surface area contributed by atoms with E-state index in [2.05, 4.69) is 47.8 Å². The molecule has 1 aliphatic carbocycles. The van der Waals surface area contributed by atoms with Crippen molar-refractivity contribution in [3.63, 3.8) is 0 Å². The first-order valence-electron chi connectivity index (χ1n) is 4.55. The van der Waals surface area contributed by atoms with Gasteiger partial charge >= 0.3 is 0 Å². The molecule has 1 fully saturated rings. The Labute approximate surface area is 113 Å². The summed E-state index contributed by atoms with van der Waals surface area (Å²) >= 11 is 10.3. The molecule has 0 radical (unpaired) electrons. The first-order chi connectivity index (χ1) is 7.06. The highest BCUT2D eigenvalue weighted by Gasteiger charge is 2.29. The van der Waals surface area contributed by atoms with Crippen LogP contribution in [-0.4, -0.2) is 17.3 Å². The Morgan fingerprint density at radius 3 is 2.13 bits per heavy atom. The number of ether oxygens (including phenoxy) is 1. The molecule has 0 spiro atoms. The molecule has 1 saturated carbocycles. The van der Waals surface area contributed by atoms with Crippen LogP contribution in [0.5, 0.6) is 5.75 Å². The Balaban J connectivity index is 2.14. The van der Waals surface area contributed by atoms with Gasteiger partial charge in [-0.05, 0) is 44.0 Å². The lowest BCUT2D eigenvalue weighted by Crippen LogP contribution is -2.37. The smallest absolute Gasteiger partial charge is 0.148 e. The normalized spacial score (nSPS) is 24.8. The van der Waals surface area contributed by atoms with Gasteiger partial charge in [-0.1, -0.05) is 15.9 Å². The van der Waals surface area contributed by atoms with Crippen molar-refractivity contribution in [3.05, 3.63) is 25.6 Å². The molecule has 2 nitrogen and oxygen atoms in total. The minimum absolute atomic E-state index is 0.133. The maximum Gasteiger partial charge on any atom is 0.148 e. The fraction of sp³-hybridized carbons (Fsp3) is 0.400. The van der Waals surface area contributed by atoms with Crippen molar-refractivity contribution in [2.75, 3.05) is 0 Å². The minimum Gasteiger partial charge on any atom is -0.488 e. The molecule has 0 aliphatic heterocycles. The molecular formula is C10H9Br3O2. The van der Waals surface area contributed by atoms with Crippen LogP contribution in [-0.2, 0) is 0 Å². The molecule has 15 heavy (non-hydrogen) atoms. The SMILES string of the molecule is OC1CC(Oc2c(Br)cc(Br)cc2Br)C1. The summed E-state index contributed by atoms with van der Waals surface area (Å²) in [7, 11) is 0. The zero-order chi connectivity index (χ0) is 11.0. The third kappa shape index (κ3) is 2.75. The van der Waals surface area contributed by atoms with Gasteiger partial charge in [0.25, 0.3) is 0 Å². The van der Waals surface area contributed by atoms with E-state index in [1.807, 2.05) is 12.1 Å². The van der Waals surface area contributed by atoms with Crippen LogP contribution in [0.25, 0.3) is 0 Å². The van der Waals surface area contributed by atoms with Gasteiger partial charge in [0, 0.05) is 17.3 Å². The van der Waals surface area contributed by atoms with Crippen molar-refractivity contribution >= 4 is 47.8 Å². The fourth-order valence-electron chi connectivity index (χ4n) is 1.44. The topological polar surface area (TPSA) is 29.5 Å². The molecule has 1 aliphatic rings. The van der Waals surface area contributed by atoms with Crippen molar-refractivity contribution in [1.82, 2.24) is 0 Å². The Morgan fingerprint density at radius 1 is 1.13 bits per heavy atom. The molecule has 0 unspecified atom stereocenters. The first-order valence-corrected chi connectivity index (χ1v) is 6.93. The molecular weight excluding hydrogens is 392 g/mol. The van der Waals surface area contributed by atoms with E-state index >= 15 is 0 Å². The highest BCUT2D eigenvalue weighted by atomic mass is 79.9. The Morgan fingerprint density at radius 2 is 1.67 bits per heavy atom. The molecule has 1 aromatic carbocycles. The Kier molecular flexibility index (Phi) is 3.75. The summed E-state index contributed by atoms with van der Waals surface area (Å²) < 4.78 is 8.57. The lowest BCUT2D eigenvalue weighted by Gasteiger charge is -2.32. The third-order valence-electron chi connectivity index (χ3n) is 2.32. The molecule has 2 rings (SSSR count). The number of hydrogen-bond donors (Lipinski definition) is 1. The van der Waals surface area contributed by atoms with Gasteiger partial charge in [0.2, 0.25) is 0 Å². The van der Waals surface area contributed by atoms with Crippen molar-refractivity contribution in [2.24, 2.45) is 0 Å². The molecule has 0 atom stereocenters. The van der Waals surface area contributed by atoms with Gasteiger partial charge in [-0.25, -0.2) is 0 Å². The largest absolute Gasteiger partial charge is 0.488 e. The lowest BCUT2D eigenvalue weighted by molar-refractivity contribution is -0.0114. The predicted octanol–water partition coefficient (Wildman–Crippen LogP) is 3.88. The van der Waals surface area contributed by atoms with Crippen molar-refractivity contribution in [3.8, 4) is 5.75 Å². The standard InChI is InChI=1S/C10H9Br3O2/c11-5-1-8(12)10(9(13)2-5)15-7-3-6(14)4-7/h1-2,6-7,14H,3-4H2. The number of benzene rings is 1. The van der Waals surface area contributed by atoms with Gasteiger partial charge < -0.3 is 9.84 Å². The van der Waals surface area contributed by atoms with Crippen LogP contribution in [0, 0.1) is 0 Å². The van der Waals surface area contributed by atoms with Gasteiger partial charge in [-0.15, -0.1) is 0 Å². The van der Waals surface area contributed by atoms with Gasteiger partial charge in [0.05, 0.1) is 15.0 Å². The molecule has 0 aromatic heterocycles. The molecule has 0 heterocycles. The molecule has 5 heteroatoms. The van der Waals surface area contributed by atoms with Crippen LogP contribution in [0.15, 0.2) is 25.6 Å². The maximum absolute atomic E-state index is 9.17. The van der Waals surface area contributed by atoms with Gasteiger partial charge in [0.15, 0.2) is 0 Å². The number of rotatable bonds is 2. The molecule has 1 N–H and O–H groups in total. The average Bonchev–Trinajstić information content (AvgIpc) is 2.07. The van der Waals surface area contributed by atoms with E-state index in [1.165, 1.54) is 0 Å². The monoisotopic (exact) mass is 398 g/mol. The second kappa shape index (κ2) is 4.73. The van der Waals surface area contributed by atoms with Crippen molar-refractivity contribution in [1.29, 1.82) is 0 Å². The van der Waals surface area contributed by atoms with Crippen LogP contribution in [0.3, 0.4) is 0 Å². The summed E-state index contributed by atoms with van der Waals surface area (Å²) in [6, 6.07) is 3.88. The second-order valence-corrected chi connectivity index (χ2v) is 6.19. The van der Waals surface area contributed by atoms with Crippen LogP contribution < -0.4 is 4.74 Å². The van der Waals surface area contributed by atoms with E-state index in [1.54, 1.807) is 0 Å². The van der Waals surface area contributed by atoms with Crippen molar-refractivity contribution in [2.45, 2.75) is 25.0 Å². The molecule has 0 amide bonds. The number of halogens is 3. The number of hydrogen-bond acceptors (Lipinski definition) is 2. The summed E-state index contributed by atoms with van der Waals surface area (Å²) in [4.78, 5) is 0. The van der Waals surface area contributed by atoms with Gasteiger partial charge in [0.1, 0.15) is 11.9 Å². The molecule has 0 saturated heterocycles. The lowest BCUT2D eigenvalue weighted by atomic mass is 9.92. The highest BCUT2D eigenvalue weighted by Crippen LogP contribution is 2.39. The van der Waals surface area contributed by atoms with E-state index in [0.717, 1.165) is 32.0 Å². The Hall–Kier alpha value is 0.420. The molecule has 82 valence electrons. The predicted molar refractivity (Wildman–Crippen MR) is 69.2 cm³/mol. The second-order valence-electron chi connectivity index (χ2n) is 3.56. The summed E-state index contributed by atoms with van der Waals surface area (Å²) in [5.41, 5.74) is 0. The fourth-order valence-corrected chi connectivity index (χ4v) is 3.89. The third-order valence-corrected chi connectivity index (χ3v) is 3.95. The van der Waals surface area contributed by atoms with Crippen molar-refractivity contribution < 1.29 is 9.84 Å². The van der Waals surface area contributed by atoms with E-state index in [-0.39, 0.29) is 12.2 Å². The van der Waals surface area contributed by atoms with Crippen LogP contribution in [0.2, 0.25) is 0 Å². The van der Waals surface area contributed by atoms with Crippen LogP contribution in [0.1, 0.15) is 12.8 Å². The highest BCUT2D eigenvalue weighted by molar-refractivity contribution is 9.11. The van der Waals surface area contributed by atoms with E-state index in [9.17, 15) is 0 Å². The molecule has 1 aromatic rings. The first kappa shape index (κ1) is 11.9. The number of aliphatic hydroxyl groups excluding tert-OH is 1.